The van der Waals surface area contributed by atoms with Crippen LogP contribution in [0.1, 0.15) is 46.0 Å². The van der Waals surface area contributed by atoms with Gasteiger partial charge in [0.05, 0.1) is 11.5 Å². The molecule has 0 bridgehead atoms. The predicted octanol–water partition coefficient (Wildman–Crippen LogP) is 2.45. The molecule has 1 aliphatic carbocycles. The Morgan fingerprint density at radius 1 is 1.27 bits per heavy atom. The molecule has 2 rings (SSSR count). The van der Waals surface area contributed by atoms with Crippen LogP contribution in [0.5, 0.6) is 0 Å². The molecule has 1 unspecified atom stereocenters. The van der Waals surface area contributed by atoms with Crippen molar-refractivity contribution in [3.63, 3.8) is 0 Å². The van der Waals surface area contributed by atoms with Crippen LogP contribution in [0, 0.1) is 11.3 Å². The molecular formula is C12H20O3. The average Bonchev–Trinajstić information content (AvgIpc) is 2.55. The van der Waals surface area contributed by atoms with E-state index in [1.807, 2.05) is 0 Å². The third kappa shape index (κ3) is 1.89. The van der Waals surface area contributed by atoms with Gasteiger partial charge in [0, 0.05) is 6.61 Å². The van der Waals surface area contributed by atoms with Crippen molar-refractivity contribution in [1.82, 2.24) is 0 Å². The first kappa shape index (κ1) is 10.9. The van der Waals surface area contributed by atoms with Crippen molar-refractivity contribution in [2.75, 3.05) is 6.61 Å². The van der Waals surface area contributed by atoms with Crippen molar-refractivity contribution in [2.24, 2.45) is 11.3 Å². The van der Waals surface area contributed by atoms with Gasteiger partial charge in [-0.05, 0) is 37.5 Å². The molecule has 0 radical (unpaired) electrons. The molecule has 2 aliphatic rings. The summed E-state index contributed by atoms with van der Waals surface area (Å²) >= 11 is 0. The Hall–Kier alpha value is -0.570. The molecule has 3 nitrogen and oxygen atoms in total. The van der Waals surface area contributed by atoms with Crippen molar-refractivity contribution in [2.45, 2.75) is 51.6 Å². The third-order valence-corrected chi connectivity index (χ3v) is 4.18. The van der Waals surface area contributed by atoms with Gasteiger partial charge in [-0.25, -0.2) is 0 Å². The van der Waals surface area contributed by atoms with Crippen LogP contribution in [-0.2, 0) is 9.53 Å². The lowest BCUT2D eigenvalue weighted by molar-refractivity contribution is -0.152. The van der Waals surface area contributed by atoms with Gasteiger partial charge in [0.2, 0.25) is 0 Å². The van der Waals surface area contributed by atoms with E-state index in [9.17, 15) is 9.90 Å². The maximum absolute atomic E-state index is 11.2. The van der Waals surface area contributed by atoms with E-state index < -0.39 is 5.97 Å². The topological polar surface area (TPSA) is 46.5 Å². The highest BCUT2D eigenvalue weighted by Gasteiger charge is 2.51. The molecule has 0 amide bonds. The van der Waals surface area contributed by atoms with E-state index in [2.05, 4.69) is 13.8 Å². The molecule has 0 aromatic heterocycles. The fourth-order valence-corrected chi connectivity index (χ4v) is 2.93. The quantitative estimate of drug-likeness (QED) is 0.726. The summed E-state index contributed by atoms with van der Waals surface area (Å²) in [4.78, 5) is 11.2. The maximum Gasteiger partial charge on any atom is 0.309 e. The van der Waals surface area contributed by atoms with E-state index in [0.717, 1.165) is 25.7 Å². The lowest BCUT2D eigenvalue weighted by Gasteiger charge is -2.42. The molecule has 0 aromatic rings. The summed E-state index contributed by atoms with van der Waals surface area (Å²) in [6, 6.07) is 0. The minimum atomic E-state index is -0.674. The van der Waals surface area contributed by atoms with Gasteiger partial charge in [-0.1, -0.05) is 13.8 Å². The molecule has 1 heterocycles. The van der Waals surface area contributed by atoms with E-state index in [1.54, 1.807) is 0 Å². The minimum absolute atomic E-state index is 0.270. The van der Waals surface area contributed by atoms with E-state index in [4.69, 9.17) is 4.74 Å². The van der Waals surface area contributed by atoms with E-state index in [1.165, 1.54) is 0 Å². The molecule has 1 N–H and O–H groups in total. The monoisotopic (exact) mass is 212 g/mol. The van der Waals surface area contributed by atoms with Crippen molar-refractivity contribution < 1.29 is 14.6 Å². The Balaban J connectivity index is 2.11. The summed E-state index contributed by atoms with van der Waals surface area (Å²) < 4.78 is 5.77. The first-order valence-electron chi connectivity index (χ1n) is 5.82. The zero-order chi connectivity index (χ0) is 11.1. The summed E-state index contributed by atoms with van der Waals surface area (Å²) in [6.07, 6.45) is 4.68. The molecule has 1 aliphatic heterocycles. The van der Waals surface area contributed by atoms with Gasteiger partial charge < -0.3 is 9.84 Å². The minimum Gasteiger partial charge on any atom is -0.481 e. The van der Waals surface area contributed by atoms with E-state index in [-0.39, 0.29) is 11.5 Å². The first-order valence-corrected chi connectivity index (χ1v) is 5.82. The van der Waals surface area contributed by atoms with Gasteiger partial charge in [-0.15, -0.1) is 0 Å². The van der Waals surface area contributed by atoms with Crippen LogP contribution in [0.15, 0.2) is 0 Å². The molecule has 1 atom stereocenters. The van der Waals surface area contributed by atoms with Crippen LogP contribution in [0.4, 0.5) is 0 Å². The van der Waals surface area contributed by atoms with E-state index >= 15 is 0 Å². The number of carboxylic acid groups (broad SMARTS) is 1. The Bertz CT molecular complexity index is 260. The summed E-state index contributed by atoms with van der Waals surface area (Å²) in [7, 11) is 0. The second kappa shape index (κ2) is 3.48. The molecule has 1 saturated carbocycles. The van der Waals surface area contributed by atoms with Gasteiger partial charge in [0.25, 0.3) is 0 Å². The summed E-state index contributed by atoms with van der Waals surface area (Å²) in [6.45, 7) is 5.13. The van der Waals surface area contributed by atoms with Crippen LogP contribution in [0.25, 0.3) is 0 Å². The number of ether oxygens (including phenoxy) is 1. The predicted molar refractivity (Wildman–Crippen MR) is 56.7 cm³/mol. The van der Waals surface area contributed by atoms with Gasteiger partial charge in [0.15, 0.2) is 0 Å². The van der Waals surface area contributed by atoms with Crippen molar-refractivity contribution in [1.29, 1.82) is 0 Å². The second-order valence-corrected chi connectivity index (χ2v) is 5.76. The van der Waals surface area contributed by atoms with Crippen molar-refractivity contribution in [3.05, 3.63) is 0 Å². The molecule has 1 saturated heterocycles. The Labute approximate surface area is 90.8 Å². The lowest BCUT2D eigenvalue weighted by atomic mass is 9.67. The average molecular weight is 212 g/mol. The summed E-state index contributed by atoms with van der Waals surface area (Å²) in [5.74, 6) is -0.944. The van der Waals surface area contributed by atoms with Gasteiger partial charge in [0.1, 0.15) is 0 Å². The van der Waals surface area contributed by atoms with Crippen molar-refractivity contribution in [3.8, 4) is 0 Å². The third-order valence-electron chi connectivity index (χ3n) is 4.18. The number of hydrogen-bond acceptors (Lipinski definition) is 2. The number of carboxylic acids is 1. The van der Waals surface area contributed by atoms with Crippen LogP contribution in [0.2, 0.25) is 0 Å². The Kier molecular flexibility index (Phi) is 2.53. The van der Waals surface area contributed by atoms with Gasteiger partial charge in [-0.2, -0.15) is 0 Å². The molecule has 15 heavy (non-hydrogen) atoms. The molecule has 0 aromatic carbocycles. The van der Waals surface area contributed by atoms with Gasteiger partial charge in [-0.3, -0.25) is 4.79 Å². The van der Waals surface area contributed by atoms with Crippen molar-refractivity contribution >= 4 is 5.97 Å². The number of hydrogen-bond donors (Lipinski definition) is 1. The highest BCUT2D eigenvalue weighted by atomic mass is 16.5. The molecule has 3 heteroatoms. The second-order valence-electron chi connectivity index (χ2n) is 5.76. The normalized spacial score (nSPS) is 33.1. The lowest BCUT2D eigenvalue weighted by Crippen LogP contribution is -2.44. The molecule has 2 fully saturated rings. The van der Waals surface area contributed by atoms with Crippen LogP contribution in [-0.4, -0.2) is 23.3 Å². The number of aliphatic carboxylic acids is 1. The summed E-state index contributed by atoms with van der Waals surface area (Å²) in [5.41, 5.74) is 0.0294. The smallest absolute Gasteiger partial charge is 0.309 e. The fourth-order valence-electron chi connectivity index (χ4n) is 2.93. The largest absolute Gasteiger partial charge is 0.481 e. The molecule has 1 spiro atoms. The molecule has 86 valence electrons. The first-order chi connectivity index (χ1) is 6.95. The highest BCUT2D eigenvalue weighted by molar-refractivity contribution is 5.72. The maximum atomic E-state index is 11.2. The zero-order valence-electron chi connectivity index (χ0n) is 9.58. The number of rotatable bonds is 1. The summed E-state index contributed by atoms with van der Waals surface area (Å²) in [5, 5.41) is 9.18. The Morgan fingerprint density at radius 2 is 1.87 bits per heavy atom. The molecular weight excluding hydrogens is 192 g/mol. The van der Waals surface area contributed by atoms with E-state index in [0.29, 0.717) is 18.4 Å². The SMILES string of the molecule is CC1(C)CCC2(CC1)OCCC2C(=O)O. The van der Waals surface area contributed by atoms with Crippen LogP contribution < -0.4 is 0 Å². The van der Waals surface area contributed by atoms with Crippen LogP contribution in [0.3, 0.4) is 0 Å². The number of carbonyl (C=O) groups is 1. The van der Waals surface area contributed by atoms with Crippen LogP contribution >= 0.6 is 0 Å². The van der Waals surface area contributed by atoms with Gasteiger partial charge >= 0.3 is 5.97 Å². The standard InChI is InChI=1S/C12H20O3/c1-11(2)4-6-12(7-5-11)9(10(13)14)3-8-15-12/h9H,3-8H2,1-2H3,(H,13,14). The Morgan fingerprint density at radius 3 is 2.40 bits per heavy atom. The zero-order valence-corrected chi connectivity index (χ0v) is 9.58. The fraction of sp³-hybridized carbons (Fsp3) is 0.917. The highest BCUT2D eigenvalue weighted by Crippen LogP contribution is 2.48.